The molecule has 2 aromatic carbocycles. The average molecular weight is 308 g/mol. The Labute approximate surface area is 136 Å². The molecule has 0 bridgehead atoms. The molecule has 0 aliphatic carbocycles. The van der Waals surface area contributed by atoms with Crippen LogP contribution in [0, 0.1) is 18.3 Å². The summed E-state index contributed by atoms with van der Waals surface area (Å²) in [5.41, 5.74) is 2.84. The summed E-state index contributed by atoms with van der Waals surface area (Å²) in [6, 6.07) is 16.9. The molecule has 1 atom stereocenters. The number of likely N-dealkylation sites (N-methyl/N-ethyl adjacent to an activating group) is 1. The topological polar surface area (TPSA) is 53.3 Å². The van der Waals surface area contributed by atoms with Crippen LogP contribution in [-0.2, 0) is 11.3 Å². The molecule has 0 aromatic heterocycles. The Kier molecular flexibility index (Phi) is 5.37. The number of aryl methyl sites for hydroxylation is 1. The molecule has 0 radical (unpaired) electrons. The molecule has 1 amide bonds. The van der Waals surface area contributed by atoms with Gasteiger partial charge in [-0.05, 0) is 43.7 Å². The van der Waals surface area contributed by atoms with Crippen molar-refractivity contribution in [2.75, 3.05) is 7.05 Å². The van der Waals surface area contributed by atoms with E-state index in [1.807, 2.05) is 37.3 Å². The molecular formula is C19H20N2O2. The number of nitrogens with zero attached hydrogens (tertiary/aromatic N) is 2. The highest BCUT2D eigenvalue weighted by Crippen LogP contribution is 2.15. The van der Waals surface area contributed by atoms with Crippen LogP contribution in [-0.4, -0.2) is 24.0 Å². The molecule has 2 rings (SSSR count). The van der Waals surface area contributed by atoms with E-state index in [9.17, 15) is 4.79 Å². The second kappa shape index (κ2) is 7.46. The number of hydrogen-bond acceptors (Lipinski definition) is 3. The van der Waals surface area contributed by atoms with Crippen LogP contribution in [0.3, 0.4) is 0 Å². The number of benzene rings is 2. The Morgan fingerprint density at radius 2 is 1.78 bits per heavy atom. The summed E-state index contributed by atoms with van der Waals surface area (Å²) >= 11 is 0. The standard InChI is InChI=1S/C19H20N2O2/c1-14-4-6-17(7-5-14)13-21(3)19(22)15(2)23-18-10-8-16(12-20)9-11-18/h4-11,15H,13H2,1-3H3. The molecular weight excluding hydrogens is 288 g/mol. The number of carbonyl (C=O) groups is 1. The van der Waals surface area contributed by atoms with Gasteiger partial charge in [0.2, 0.25) is 0 Å². The number of amides is 1. The highest BCUT2D eigenvalue weighted by Gasteiger charge is 2.19. The normalized spacial score (nSPS) is 11.4. The Morgan fingerprint density at radius 3 is 2.35 bits per heavy atom. The number of carbonyl (C=O) groups excluding carboxylic acids is 1. The molecule has 1 unspecified atom stereocenters. The third-order valence-electron chi connectivity index (χ3n) is 3.56. The number of nitriles is 1. The molecule has 0 N–H and O–H groups in total. The molecule has 0 spiro atoms. The van der Waals surface area contributed by atoms with Crippen molar-refractivity contribution >= 4 is 5.91 Å². The van der Waals surface area contributed by atoms with Gasteiger partial charge in [0, 0.05) is 13.6 Å². The molecule has 0 saturated carbocycles. The van der Waals surface area contributed by atoms with Crippen molar-refractivity contribution in [3.05, 3.63) is 65.2 Å². The van der Waals surface area contributed by atoms with Gasteiger partial charge in [0.15, 0.2) is 6.10 Å². The van der Waals surface area contributed by atoms with Crippen LogP contribution in [0.15, 0.2) is 48.5 Å². The van der Waals surface area contributed by atoms with E-state index in [4.69, 9.17) is 10.00 Å². The van der Waals surface area contributed by atoms with Gasteiger partial charge in [0.25, 0.3) is 5.91 Å². The molecule has 0 saturated heterocycles. The predicted molar refractivity (Wildman–Crippen MR) is 88.9 cm³/mol. The molecule has 118 valence electrons. The fraction of sp³-hybridized carbons (Fsp3) is 0.263. The van der Waals surface area contributed by atoms with Crippen molar-refractivity contribution in [2.45, 2.75) is 26.5 Å². The fourth-order valence-corrected chi connectivity index (χ4v) is 2.22. The van der Waals surface area contributed by atoms with Crippen LogP contribution in [0.2, 0.25) is 0 Å². The Balaban J connectivity index is 1.95. The highest BCUT2D eigenvalue weighted by molar-refractivity contribution is 5.80. The third kappa shape index (κ3) is 4.58. The Hall–Kier alpha value is -2.80. The SMILES string of the molecule is Cc1ccc(CN(C)C(=O)C(C)Oc2ccc(C#N)cc2)cc1. The quantitative estimate of drug-likeness (QED) is 0.851. The molecule has 4 heteroatoms. The van der Waals surface area contributed by atoms with Gasteiger partial charge < -0.3 is 9.64 Å². The zero-order valence-electron chi connectivity index (χ0n) is 13.6. The summed E-state index contributed by atoms with van der Waals surface area (Å²) in [6.45, 7) is 4.30. The lowest BCUT2D eigenvalue weighted by Gasteiger charge is -2.22. The first-order valence-corrected chi connectivity index (χ1v) is 7.47. The third-order valence-corrected chi connectivity index (χ3v) is 3.56. The number of ether oxygens (including phenoxy) is 1. The van der Waals surface area contributed by atoms with Crippen LogP contribution < -0.4 is 4.74 Å². The van der Waals surface area contributed by atoms with Crippen LogP contribution >= 0.6 is 0 Å². The second-order valence-corrected chi connectivity index (χ2v) is 5.58. The lowest BCUT2D eigenvalue weighted by molar-refractivity contribution is -0.137. The first-order chi connectivity index (χ1) is 11.0. The predicted octanol–water partition coefficient (Wildman–Crippen LogP) is 3.29. The van der Waals surface area contributed by atoms with E-state index in [0.29, 0.717) is 17.9 Å². The van der Waals surface area contributed by atoms with Gasteiger partial charge in [-0.3, -0.25) is 4.79 Å². The van der Waals surface area contributed by atoms with E-state index in [1.54, 1.807) is 43.1 Å². The summed E-state index contributed by atoms with van der Waals surface area (Å²) in [6.07, 6.45) is -0.585. The van der Waals surface area contributed by atoms with E-state index < -0.39 is 6.10 Å². The first kappa shape index (κ1) is 16.6. The minimum Gasteiger partial charge on any atom is -0.481 e. The average Bonchev–Trinajstić information content (AvgIpc) is 2.56. The van der Waals surface area contributed by atoms with Crippen molar-refractivity contribution in [3.8, 4) is 11.8 Å². The molecule has 0 aliphatic heterocycles. The molecule has 23 heavy (non-hydrogen) atoms. The second-order valence-electron chi connectivity index (χ2n) is 5.58. The monoisotopic (exact) mass is 308 g/mol. The molecule has 0 heterocycles. The van der Waals surface area contributed by atoms with E-state index in [0.717, 1.165) is 5.56 Å². The van der Waals surface area contributed by atoms with E-state index in [2.05, 4.69) is 0 Å². The maximum Gasteiger partial charge on any atom is 0.263 e. The molecule has 4 nitrogen and oxygen atoms in total. The summed E-state index contributed by atoms with van der Waals surface area (Å²) in [4.78, 5) is 14.0. The molecule has 2 aromatic rings. The zero-order chi connectivity index (χ0) is 16.8. The van der Waals surface area contributed by atoms with Gasteiger partial charge in [0.05, 0.1) is 11.6 Å². The lowest BCUT2D eigenvalue weighted by Crippen LogP contribution is -2.37. The smallest absolute Gasteiger partial charge is 0.263 e. The van der Waals surface area contributed by atoms with E-state index in [-0.39, 0.29) is 5.91 Å². The van der Waals surface area contributed by atoms with Crippen molar-refractivity contribution in [3.63, 3.8) is 0 Å². The van der Waals surface area contributed by atoms with E-state index >= 15 is 0 Å². The summed E-state index contributed by atoms with van der Waals surface area (Å²) < 4.78 is 5.65. The van der Waals surface area contributed by atoms with Crippen molar-refractivity contribution in [1.82, 2.24) is 4.90 Å². The van der Waals surface area contributed by atoms with Gasteiger partial charge in [0.1, 0.15) is 5.75 Å². The van der Waals surface area contributed by atoms with Gasteiger partial charge in [-0.15, -0.1) is 0 Å². The minimum atomic E-state index is -0.585. The maximum atomic E-state index is 12.4. The maximum absolute atomic E-state index is 12.4. The van der Waals surface area contributed by atoms with Crippen LogP contribution in [0.4, 0.5) is 0 Å². The Morgan fingerprint density at radius 1 is 1.17 bits per heavy atom. The van der Waals surface area contributed by atoms with Crippen LogP contribution in [0.5, 0.6) is 5.75 Å². The minimum absolute atomic E-state index is 0.0880. The zero-order valence-corrected chi connectivity index (χ0v) is 13.6. The summed E-state index contributed by atoms with van der Waals surface area (Å²) in [5.74, 6) is 0.489. The number of hydrogen-bond donors (Lipinski definition) is 0. The lowest BCUT2D eigenvalue weighted by atomic mass is 10.1. The van der Waals surface area contributed by atoms with Crippen molar-refractivity contribution in [1.29, 1.82) is 5.26 Å². The van der Waals surface area contributed by atoms with Crippen molar-refractivity contribution < 1.29 is 9.53 Å². The molecule has 0 fully saturated rings. The first-order valence-electron chi connectivity index (χ1n) is 7.47. The van der Waals surface area contributed by atoms with Gasteiger partial charge in [-0.2, -0.15) is 5.26 Å². The highest BCUT2D eigenvalue weighted by atomic mass is 16.5. The Bertz CT molecular complexity index is 700. The summed E-state index contributed by atoms with van der Waals surface area (Å²) in [5, 5.41) is 8.78. The summed E-state index contributed by atoms with van der Waals surface area (Å²) in [7, 11) is 1.76. The fourth-order valence-electron chi connectivity index (χ4n) is 2.22. The van der Waals surface area contributed by atoms with Gasteiger partial charge >= 0.3 is 0 Å². The number of rotatable bonds is 5. The van der Waals surface area contributed by atoms with Gasteiger partial charge in [-0.1, -0.05) is 29.8 Å². The van der Waals surface area contributed by atoms with Crippen LogP contribution in [0.25, 0.3) is 0 Å². The van der Waals surface area contributed by atoms with Crippen LogP contribution in [0.1, 0.15) is 23.6 Å². The van der Waals surface area contributed by atoms with E-state index in [1.165, 1.54) is 5.56 Å². The van der Waals surface area contributed by atoms with Crippen molar-refractivity contribution in [2.24, 2.45) is 0 Å². The largest absolute Gasteiger partial charge is 0.481 e. The van der Waals surface area contributed by atoms with Gasteiger partial charge in [-0.25, -0.2) is 0 Å². The molecule has 0 aliphatic rings.